The number of rotatable bonds is 5. The number of hydrogen-bond acceptors (Lipinski definition) is 5. The highest BCUT2D eigenvalue weighted by atomic mass is 32.2. The number of hydrogen-bond donors (Lipinski definition) is 2. The summed E-state index contributed by atoms with van der Waals surface area (Å²) >= 11 is 0. The summed E-state index contributed by atoms with van der Waals surface area (Å²) in [7, 11) is -4.05. The van der Waals surface area contributed by atoms with Gasteiger partial charge in [-0.15, -0.1) is 0 Å². The number of aliphatic imine (C=N–C) groups is 1. The highest BCUT2D eigenvalue weighted by Gasteiger charge is 2.20. The zero-order valence-electron chi connectivity index (χ0n) is 12.8. The Morgan fingerprint density at radius 3 is 2.54 bits per heavy atom. The highest BCUT2D eigenvalue weighted by molar-refractivity contribution is 7.90. The molecule has 0 saturated carbocycles. The normalized spacial score (nSPS) is 12.0. The Balaban J connectivity index is 2.19. The lowest BCUT2D eigenvalue weighted by molar-refractivity contribution is -0.385. The van der Waals surface area contributed by atoms with Gasteiger partial charge in [-0.2, -0.15) is 0 Å². The Kier molecular flexibility index (Phi) is 5.14. The molecule has 0 amide bonds. The molecule has 0 fully saturated rings. The number of guanidine groups is 1. The van der Waals surface area contributed by atoms with Gasteiger partial charge >= 0.3 is 0 Å². The van der Waals surface area contributed by atoms with Crippen LogP contribution in [0.15, 0.2) is 58.4 Å². The summed E-state index contributed by atoms with van der Waals surface area (Å²) in [6, 6.07) is 12.8. The number of nitro benzene ring substituents is 1. The molecule has 0 aliphatic heterocycles. The summed E-state index contributed by atoms with van der Waals surface area (Å²) in [5.74, 6) is -0.290. The van der Waals surface area contributed by atoms with Crippen LogP contribution in [0.25, 0.3) is 0 Å². The predicted octanol–water partition coefficient (Wildman–Crippen LogP) is 1.70. The zero-order chi connectivity index (χ0) is 17.7. The van der Waals surface area contributed by atoms with Crippen LogP contribution in [-0.4, -0.2) is 19.3 Å². The van der Waals surface area contributed by atoms with Gasteiger partial charge < -0.3 is 5.73 Å². The number of benzene rings is 2. The third-order valence-electron chi connectivity index (χ3n) is 3.20. The van der Waals surface area contributed by atoms with Gasteiger partial charge in [-0.25, -0.2) is 18.1 Å². The first-order valence-corrected chi connectivity index (χ1v) is 8.39. The van der Waals surface area contributed by atoms with Gasteiger partial charge in [0.1, 0.15) is 0 Å². The number of nitrogens with zero attached hydrogens (tertiary/aromatic N) is 2. The van der Waals surface area contributed by atoms with E-state index in [2.05, 4.69) is 9.71 Å². The van der Waals surface area contributed by atoms with Gasteiger partial charge in [-0.3, -0.25) is 10.1 Å². The maximum atomic E-state index is 12.2. The quantitative estimate of drug-likeness (QED) is 0.368. The van der Waals surface area contributed by atoms with E-state index in [0.717, 1.165) is 11.6 Å². The molecule has 0 unspecified atom stereocenters. The van der Waals surface area contributed by atoms with E-state index in [-0.39, 0.29) is 23.1 Å². The third kappa shape index (κ3) is 4.29. The average Bonchev–Trinajstić information content (AvgIpc) is 2.53. The van der Waals surface area contributed by atoms with Crippen LogP contribution in [-0.2, 0) is 16.6 Å². The van der Waals surface area contributed by atoms with Crippen molar-refractivity contribution in [2.24, 2.45) is 10.7 Å². The molecule has 0 heterocycles. The van der Waals surface area contributed by atoms with Crippen molar-refractivity contribution in [1.29, 1.82) is 0 Å². The molecule has 126 valence electrons. The van der Waals surface area contributed by atoms with Crippen LogP contribution in [0.4, 0.5) is 5.69 Å². The Morgan fingerprint density at radius 1 is 1.25 bits per heavy atom. The fraction of sp³-hybridized carbons (Fsp3) is 0.133. The molecule has 0 bridgehead atoms. The van der Waals surface area contributed by atoms with Gasteiger partial charge in [0, 0.05) is 11.6 Å². The molecule has 3 N–H and O–H groups in total. The fourth-order valence-corrected chi connectivity index (χ4v) is 2.91. The number of nitrogens with two attached hydrogens (primary N) is 1. The maximum Gasteiger partial charge on any atom is 0.273 e. The summed E-state index contributed by atoms with van der Waals surface area (Å²) in [6.07, 6.45) is 0. The molecule has 0 saturated heterocycles. The van der Waals surface area contributed by atoms with E-state index < -0.39 is 14.9 Å². The molecular weight excluding hydrogens is 332 g/mol. The van der Waals surface area contributed by atoms with Crippen molar-refractivity contribution in [3.05, 3.63) is 69.8 Å². The van der Waals surface area contributed by atoms with Gasteiger partial charge in [-0.1, -0.05) is 36.4 Å². The van der Waals surface area contributed by atoms with Crippen LogP contribution in [0.1, 0.15) is 11.1 Å². The Labute approximate surface area is 139 Å². The first-order chi connectivity index (χ1) is 11.3. The lowest BCUT2D eigenvalue weighted by atomic mass is 10.2. The van der Waals surface area contributed by atoms with Crippen LogP contribution in [0.2, 0.25) is 0 Å². The summed E-state index contributed by atoms with van der Waals surface area (Å²) in [6.45, 7) is 1.74. The largest absolute Gasteiger partial charge is 0.369 e. The molecule has 0 aliphatic carbocycles. The molecule has 2 aromatic carbocycles. The summed E-state index contributed by atoms with van der Waals surface area (Å²) in [5.41, 5.74) is 6.55. The summed E-state index contributed by atoms with van der Waals surface area (Å²) in [4.78, 5) is 14.0. The molecule has 0 spiro atoms. The van der Waals surface area contributed by atoms with Crippen molar-refractivity contribution in [1.82, 2.24) is 4.72 Å². The minimum absolute atomic E-state index is 0.212. The van der Waals surface area contributed by atoms with Crippen LogP contribution < -0.4 is 10.5 Å². The van der Waals surface area contributed by atoms with E-state index in [1.54, 1.807) is 0 Å². The number of nitrogens with one attached hydrogen (secondary N) is 1. The van der Waals surface area contributed by atoms with Gasteiger partial charge in [0.05, 0.1) is 16.4 Å². The van der Waals surface area contributed by atoms with Gasteiger partial charge in [0.2, 0.25) is 5.96 Å². The number of sulfonamides is 1. The first kappa shape index (κ1) is 17.4. The summed E-state index contributed by atoms with van der Waals surface area (Å²) in [5, 5.41) is 10.9. The molecule has 0 aromatic heterocycles. The first-order valence-electron chi connectivity index (χ1n) is 6.91. The standard InChI is InChI=1S/C15H16N4O4S/c1-11-7-8-13(9-14(11)19(20)21)24(22,23)18-15(16)17-10-12-5-3-2-4-6-12/h2-9H,10H2,1H3,(H3,16,17,18). The van der Waals surface area contributed by atoms with Crippen molar-refractivity contribution < 1.29 is 13.3 Å². The van der Waals surface area contributed by atoms with Gasteiger partial charge in [-0.05, 0) is 18.6 Å². The molecule has 9 heteroatoms. The molecule has 0 aliphatic rings. The number of aryl methyl sites for hydroxylation is 1. The second-order valence-corrected chi connectivity index (χ2v) is 6.68. The van der Waals surface area contributed by atoms with Crippen molar-refractivity contribution in [3.63, 3.8) is 0 Å². The monoisotopic (exact) mass is 348 g/mol. The van der Waals surface area contributed by atoms with E-state index in [1.807, 2.05) is 30.3 Å². The minimum atomic E-state index is -4.05. The lowest BCUT2D eigenvalue weighted by Crippen LogP contribution is -2.36. The second-order valence-electron chi connectivity index (χ2n) is 5.00. The minimum Gasteiger partial charge on any atom is -0.369 e. The van der Waals surface area contributed by atoms with E-state index >= 15 is 0 Å². The van der Waals surface area contributed by atoms with Crippen LogP contribution in [0.5, 0.6) is 0 Å². The van der Waals surface area contributed by atoms with Crippen LogP contribution in [0.3, 0.4) is 0 Å². The smallest absolute Gasteiger partial charge is 0.273 e. The van der Waals surface area contributed by atoms with Crippen molar-refractivity contribution in [2.45, 2.75) is 18.4 Å². The molecular formula is C15H16N4O4S. The van der Waals surface area contributed by atoms with E-state index in [1.165, 1.54) is 19.1 Å². The third-order valence-corrected chi connectivity index (χ3v) is 4.55. The molecule has 0 radical (unpaired) electrons. The predicted molar refractivity (Wildman–Crippen MR) is 89.9 cm³/mol. The molecule has 2 aromatic rings. The van der Waals surface area contributed by atoms with Crippen molar-refractivity contribution in [2.75, 3.05) is 0 Å². The molecule has 24 heavy (non-hydrogen) atoms. The SMILES string of the molecule is Cc1ccc(S(=O)(=O)NC(N)=NCc2ccccc2)cc1[N+](=O)[O-]. The molecule has 2 rings (SSSR count). The second kappa shape index (κ2) is 7.09. The topological polar surface area (TPSA) is 128 Å². The Morgan fingerprint density at radius 2 is 1.92 bits per heavy atom. The Bertz CT molecular complexity index is 880. The number of nitro groups is 1. The van der Waals surface area contributed by atoms with Crippen molar-refractivity contribution in [3.8, 4) is 0 Å². The maximum absolute atomic E-state index is 12.2. The van der Waals surface area contributed by atoms with Crippen molar-refractivity contribution >= 4 is 21.7 Å². The Hall–Kier alpha value is -2.94. The summed E-state index contributed by atoms with van der Waals surface area (Å²) < 4.78 is 26.6. The highest BCUT2D eigenvalue weighted by Crippen LogP contribution is 2.21. The fourth-order valence-electron chi connectivity index (χ4n) is 1.94. The average molecular weight is 348 g/mol. The van der Waals surface area contributed by atoms with E-state index in [4.69, 9.17) is 5.73 Å². The molecule has 0 atom stereocenters. The van der Waals surface area contributed by atoms with Gasteiger partial charge in [0.15, 0.2) is 0 Å². The van der Waals surface area contributed by atoms with Crippen LogP contribution in [0, 0.1) is 17.0 Å². The zero-order valence-corrected chi connectivity index (χ0v) is 13.7. The van der Waals surface area contributed by atoms with Gasteiger partial charge in [0.25, 0.3) is 15.7 Å². The van der Waals surface area contributed by atoms with E-state index in [9.17, 15) is 18.5 Å². The molecule has 8 nitrogen and oxygen atoms in total. The lowest BCUT2D eigenvalue weighted by Gasteiger charge is -2.08. The van der Waals surface area contributed by atoms with Crippen LogP contribution >= 0.6 is 0 Å². The van der Waals surface area contributed by atoms with E-state index in [0.29, 0.717) is 5.56 Å².